The maximum Gasteiger partial charge on any atom is 0.311 e. The number of nitrogens with one attached hydrogen (secondary N) is 2. The van der Waals surface area contributed by atoms with Gasteiger partial charge in [-0.15, -0.1) is 0 Å². The Bertz CT molecular complexity index is 393. The van der Waals surface area contributed by atoms with Crippen LogP contribution in [0.15, 0.2) is 0 Å². The normalized spacial score (nSPS) is 11.5. The average Bonchev–Trinajstić information content (AvgIpc) is 2.54. The molecular formula is C17H34FmN3O5-. The standard InChI is InChI=1S/C12H24N3O2.C5H10O3.Fm/c1-10(2)6-8-15-12(17)11(13)5-3-4-7-14-9-16;1-5(2,3-6)4(7)8;/h10-11H,3-8,13H2,1-2H3,(H,14,16)(H,15,17);6H,3H2,1-2H3,(H,7,8);/q-1;;. The first kappa shape index (κ1) is 28.1. The van der Waals surface area contributed by atoms with E-state index in [1.807, 2.05) is 0 Å². The van der Waals surface area contributed by atoms with E-state index in [1.54, 1.807) is 6.41 Å². The summed E-state index contributed by atoms with van der Waals surface area (Å²) in [6.45, 7) is 8.12. The molecule has 0 aliphatic carbocycles. The molecule has 160 valence electrons. The quantitative estimate of drug-likeness (QED) is 0.122. The molecule has 0 aliphatic heterocycles. The second-order valence-corrected chi connectivity index (χ2v) is 6.95. The predicted molar refractivity (Wildman–Crippen MR) is 96.5 cm³/mol. The van der Waals surface area contributed by atoms with Crippen molar-refractivity contribution < 1.29 is 24.6 Å². The van der Waals surface area contributed by atoms with Gasteiger partial charge in [0, 0.05) is 6.54 Å². The summed E-state index contributed by atoms with van der Waals surface area (Å²) in [5.74, 6) is -0.474. The second-order valence-electron chi connectivity index (χ2n) is 6.95. The van der Waals surface area contributed by atoms with E-state index in [2.05, 4.69) is 24.5 Å². The van der Waals surface area contributed by atoms with Crippen LogP contribution in [-0.2, 0) is 14.4 Å². The fourth-order valence-corrected chi connectivity index (χ4v) is 1.44. The van der Waals surface area contributed by atoms with Crippen molar-refractivity contribution in [1.82, 2.24) is 10.6 Å². The minimum absolute atomic E-state index is 0. The summed E-state index contributed by atoms with van der Waals surface area (Å²) in [5.41, 5.74) is 4.75. The number of carbonyl (C=O) groups excluding carboxylic acids is 2. The van der Waals surface area contributed by atoms with Crippen LogP contribution in [0.3, 0.4) is 0 Å². The summed E-state index contributed by atoms with van der Waals surface area (Å²) < 4.78 is 0. The number of rotatable bonds is 12. The Kier molecular flexibility index (Phi) is 17.1. The van der Waals surface area contributed by atoms with Crippen molar-refractivity contribution in [2.45, 2.75) is 59.4 Å². The number of nitrogens with two attached hydrogens (primary N) is 1. The van der Waals surface area contributed by atoms with Crippen molar-refractivity contribution in [2.75, 3.05) is 19.7 Å². The number of aliphatic hydroxyl groups is 1. The topological polar surface area (TPSA) is 142 Å². The largest absolute Gasteiger partial charge is 0.530 e. The van der Waals surface area contributed by atoms with Gasteiger partial charge in [-0.1, -0.05) is 13.8 Å². The minimum atomic E-state index is -0.986. The number of aliphatic hydroxyl groups excluding tert-OH is 1. The van der Waals surface area contributed by atoms with Crippen molar-refractivity contribution in [3.05, 3.63) is 0 Å². The summed E-state index contributed by atoms with van der Waals surface area (Å²) in [4.78, 5) is 31.5. The first-order valence-electron chi connectivity index (χ1n) is 8.56. The van der Waals surface area contributed by atoms with E-state index in [-0.39, 0.29) is 12.5 Å². The number of amides is 2. The van der Waals surface area contributed by atoms with Crippen molar-refractivity contribution in [2.24, 2.45) is 17.1 Å². The molecule has 0 heterocycles. The zero-order valence-electron chi connectivity index (χ0n) is 16.1. The molecule has 0 aromatic heterocycles. The van der Waals surface area contributed by atoms with Gasteiger partial charge in [-0.05, 0) is 52.0 Å². The van der Waals surface area contributed by atoms with Gasteiger partial charge in [0.15, 0.2) is 0 Å². The van der Waals surface area contributed by atoms with Crippen molar-refractivity contribution >= 4 is 18.3 Å². The van der Waals surface area contributed by atoms with Crippen LogP contribution in [0.1, 0.15) is 53.4 Å². The molecule has 9 heteroatoms. The maximum atomic E-state index is 11.5. The summed E-state index contributed by atoms with van der Waals surface area (Å²) in [5, 5.41) is 21.9. The molecular weight excluding hydrogens is 583 g/mol. The molecule has 0 fully saturated rings. The van der Waals surface area contributed by atoms with Crippen molar-refractivity contribution in [3.8, 4) is 0 Å². The Morgan fingerprint density at radius 3 is 2.12 bits per heavy atom. The van der Waals surface area contributed by atoms with E-state index in [9.17, 15) is 14.4 Å². The van der Waals surface area contributed by atoms with E-state index in [4.69, 9.17) is 15.9 Å². The molecule has 1 atom stereocenters. The van der Waals surface area contributed by atoms with Gasteiger partial charge in [0.2, 0.25) is 5.91 Å². The van der Waals surface area contributed by atoms with Gasteiger partial charge >= 0.3 is 5.97 Å². The number of aliphatic carboxylic acids is 1. The number of unbranched alkanes of at least 4 members (excludes halogenated alkanes) is 1. The zero-order valence-corrected chi connectivity index (χ0v) is 18.5. The monoisotopic (exact) mass is 617 g/mol. The van der Waals surface area contributed by atoms with Gasteiger partial charge < -0.3 is 31.4 Å². The SMILES string of the molecule is CC(C)(CO)C(=O)O.CC(C)CCNC(=O)C(N)CCCCN[C-]=O.[Fm]. The molecule has 2 amide bonds. The maximum absolute atomic E-state index is 11.5. The van der Waals surface area contributed by atoms with Crippen LogP contribution < -0.4 is 16.4 Å². The predicted octanol–water partition coefficient (Wildman–Crippen LogP) is 0.393. The van der Waals surface area contributed by atoms with Crippen molar-refractivity contribution in [3.63, 3.8) is 0 Å². The van der Waals surface area contributed by atoms with E-state index in [1.165, 1.54) is 13.8 Å². The molecule has 0 aromatic carbocycles. The van der Waals surface area contributed by atoms with Crippen LogP contribution in [0.4, 0.5) is 0 Å². The fraction of sp³-hybridized carbons (Fsp3) is 0.824. The summed E-state index contributed by atoms with van der Waals surface area (Å²) in [7, 11) is 0. The first-order chi connectivity index (χ1) is 11.6. The van der Waals surface area contributed by atoms with Crippen LogP contribution in [0.2, 0.25) is 0 Å². The van der Waals surface area contributed by atoms with Gasteiger partial charge in [-0.2, -0.15) is 6.41 Å². The molecule has 0 spiro atoms. The molecule has 8 nitrogen and oxygen atoms in total. The molecule has 0 aromatic rings. The van der Waals surface area contributed by atoms with Gasteiger partial charge in [0.1, 0.15) is 0 Å². The zero-order chi connectivity index (χ0) is 19.9. The third-order valence-corrected chi connectivity index (χ3v) is 3.47. The third-order valence-electron chi connectivity index (χ3n) is 3.47. The van der Waals surface area contributed by atoms with Gasteiger partial charge in [-0.3, -0.25) is 9.59 Å². The number of carboxylic acids is 1. The van der Waals surface area contributed by atoms with Crippen molar-refractivity contribution in [1.29, 1.82) is 0 Å². The average molecular weight is 617 g/mol. The Morgan fingerprint density at radius 1 is 1.15 bits per heavy atom. The summed E-state index contributed by atoms with van der Waals surface area (Å²) in [6.07, 6.45) is 4.87. The molecule has 26 heavy (non-hydrogen) atoms. The molecule has 6 N–H and O–H groups in total. The fourth-order valence-electron chi connectivity index (χ4n) is 1.44. The van der Waals surface area contributed by atoms with E-state index < -0.39 is 17.4 Å². The van der Waals surface area contributed by atoms with Gasteiger partial charge in [-0.25, -0.2) is 0 Å². The summed E-state index contributed by atoms with van der Waals surface area (Å²) in [6, 6.07) is -0.442. The number of carbonyl (C=O) groups is 2. The summed E-state index contributed by atoms with van der Waals surface area (Å²) >= 11 is 0. The van der Waals surface area contributed by atoms with Gasteiger partial charge in [0.05, 0.1) is 18.1 Å². The molecule has 0 aliphatic rings. The van der Waals surface area contributed by atoms with Crippen LogP contribution >= 0.6 is 0 Å². The molecule has 0 rings (SSSR count). The smallest absolute Gasteiger partial charge is 0.311 e. The Labute approximate surface area is 150 Å². The van der Waals surface area contributed by atoms with Crippen LogP contribution in [0.25, 0.3) is 0 Å². The molecule has 0 saturated carbocycles. The molecule has 0 saturated heterocycles. The van der Waals surface area contributed by atoms with E-state index in [0.29, 0.717) is 25.4 Å². The van der Waals surface area contributed by atoms with E-state index >= 15 is 0 Å². The Morgan fingerprint density at radius 2 is 1.73 bits per heavy atom. The first-order valence-corrected chi connectivity index (χ1v) is 8.56. The number of hydrogen-bond acceptors (Lipinski definition) is 5. The Balaban J connectivity index is -0.000000498. The van der Waals surface area contributed by atoms with Crippen LogP contribution in [0, 0.1) is 11.3 Å². The van der Waals surface area contributed by atoms with Crippen LogP contribution in [-0.4, -0.2) is 54.2 Å². The minimum Gasteiger partial charge on any atom is -0.530 e. The van der Waals surface area contributed by atoms with E-state index in [0.717, 1.165) is 19.3 Å². The Hall–Kier alpha value is -2.67. The number of carboxylic acid groups (broad SMARTS) is 1. The second kappa shape index (κ2) is 15.8. The van der Waals surface area contributed by atoms with Gasteiger partial charge in [0.25, 0.3) is 0 Å². The molecule has 0 radical (unpaired) electrons. The molecule has 0 bridgehead atoms. The molecule has 1 unspecified atom stereocenters. The third kappa shape index (κ3) is 16.2. The van der Waals surface area contributed by atoms with Crippen LogP contribution in [0.5, 0.6) is 0 Å². The number of hydrogen-bond donors (Lipinski definition) is 5.